The largest absolute Gasteiger partial charge is 0.390 e. The van der Waals surface area contributed by atoms with Crippen LogP contribution in [-0.4, -0.2) is 35.1 Å². The van der Waals surface area contributed by atoms with Crippen LogP contribution in [0.1, 0.15) is 159 Å². The Kier molecular flexibility index (Phi) is 15.3. The Bertz CT molecular complexity index is 691. The maximum absolute atomic E-state index is 9.84. The zero-order chi connectivity index (χ0) is 29.9. The molecular weight excluding hydrogens is 480 g/mol. The van der Waals surface area contributed by atoms with Crippen molar-refractivity contribution in [1.82, 2.24) is 0 Å². The van der Waals surface area contributed by atoms with E-state index in [-0.39, 0.29) is 0 Å². The summed E-state index contributed by atoms with van der Waals surface area (Å²) < 4.78 is 5.30. The Morgan fingerprint density at radius 1 is 1.03 bits per heavy atom. The van der Waals surface area contributed by atoms with Crippen molar-refractivity contribution in [3.05, 3.63) is 11.6 Å². The number of methoxy groups -OCH3 is 1. The van der Waals surface area contributed by atoms with Gasteiger partial charge >= 0.3 is 0 Å². The lowest BCUT2D eigenvalue weighted by Crippen LogP contribution is -2.22. The zero-order valence-electron chi connectivity index (χ0n) is 28.3. The fraction of sp³-hybridized carbons (Fsp3) is 0.944. The van der Waals surface area contributed by atoms with Crippen molar-refractivity contribution in [2.45, 2.75) is 170 Å². The number of rotatable bonds is 16. The third-order valence-electron chi connectivity index (χ3n) is 10.5. The summed E-state index contributed by atoms with van der Waals surface area (Å²) in [5, 5.41) is 19.3. The molecule has 5 atom stereocenters. The number of aliphatic hydroxyl groups is 2. The molecular formula is C36H70O3. The highest BCUT2D eigenvalue weighted by Crippen LogP contribution is 2.57. The summed E-state index contributed by atoms with van der Waals surface area (Å²) in [5.74, 6) is 3.62. The molecule has 0 aliphatic heterocycles. The normalized spacial score (nSPS) is 26.1. The van der Waals surface area contributed by atoms with Crippen LogP contribution in [0.25, 0.3) is 0 Å². The first-order chi connectivity index (χ1) is 18.0. The maximum atomic E-state index is 9.84. The smallest absolute Gasteiger partial charge is 0.0617 e. The van der Waals surface area contributed by atoms with E-state index in [1.165, 1.54) is 76.2 Å². The molecule has 0 spiro atoms. The molecule has 3 nitrogen and oxygen atoms in total. The van der Waals surface area contributed by atoms with Gasteiger partial charge in [0.25, 0.3) is 0 Å². The SMILES string of the molecule is CC(CCCC(C)(C)O)C1CC1.CCC(C)(O)CCC1CC1(C)CC.COCC1(C(C)CCC=C(C)C)CC1. The van der Waals surface area contributed by atoms with E-state index in [9.17, 15) is 10.2 Å². The van der Waals surface area contributed by atoms with Gasteiger partial charge in [-0.1, -0.05) is 65.5 Å². The van der Waals surface area contributed by atoms with Gasteiger partial charge in [-0.25, -0.2) is 0 Å². The average molecular weight is 551 g/mol. The Hall–Kier alpha value is -0.380. The second-order valence-corrected chi connectivity index (χ2v) is 15.4. The molecule has 3 saturated carbocycles. The summed E-state index contributed by atoms with van der Waals surface area (Å²) in [6.45, 7) is 22.5. The third-order valence-corrected chi connectivity index (χ3v) is 10.5. The van der Waals surface area contributed by atoms with Gasteiger partial charge in [0.05, 0.1) is 17.8 Å². The van der Waals surface area contributed by atoms with Crippen molar-refractivity contribution in [3.63, 3.8) is 0 Å². The Morgan fingerprint density at radius 3 is 2.05 bits per heavy atom. The predicted molar refractivity (Wildman–Crippen MR) is 170 cm³/mol. The molecule has 39 heavy (non-hydrogen) atoms. The van der Waals surface area contributed by atoms with E-state index in [0.717, 1.165) is 49.5 Å². The molecule has 0 aromatic carbocycles. The minimum atomic E-state index is -0.455. The van der Waals surface area contributed by atoms with Gasteiger partial charge in [-0.2, -0.15) is 0 Å². The molecule has 3 aliphatic carbocycles. The van der Waals surface area contributed by atoms with E-state index < -0.39 is 11.2 Å². The van der Waals surface area contributed by atoms with Crippen LogP contribution >= 0.6 is 0 Å². The molecule has 0 aromatic heterocycles. The second-order valence-electron chi connectivity index (χ2n) is 15.4. The van der Waals surface area contributed by atoms with Gasteiger partial charge in [0, 0.05) is 7.11 Å². The van der Waals surface area contributed by atoms with Crippen LogP contribution in [0, 0.1) is 34.5 Å². The van der Waals surface area contributed by atoms with Crippen molar-refractivity contribution < 1.29 is 14.9 Å². The van der Waals surface area contributed by atoms with Gasteiger partial charge in [0.15, 0.2) is 0 Å². The first-order valence-electron chi connectivity index (χ1n) is 16.6. The van der Waals surface area contributed by atoms with Crippen LogP contribution in [0.5, 0.6) is 0 Å². The average Bonchev–Trinajstić information content (AvgIpc) is 3.72. The molecule has 3 heteroatoms. The van der Waals surface area contributed by atoms with Crippen LogP contribution in [0.4, 0.5) is 0 Å². The van der Waals surface area contributed by atoms with E-state index in [1.54, 1.807) is 0 Å². The highest BCUT2D eigenvalue weighted by Gasteiger charge is 2.48. The van der Waals surface area contributed by atoms with E-state index in [0.29, 0.717) is 10.8 Å². The van der Waals surface area contributed by atoms with Crippen LogP contribution in [-0.2, 0) is 4.74 Å². The van der Waals surface area contributed by atoms with Crippen molar-refractivity contribution in [2.75, 3.05) is 13.7 Å². The van der Waals surface area contributed by atoms with Gasteiger partial charge < -0.3 is 14.9 Å². The van der Waals surface area contributed by atoms with Crippen molar-refractivity contribution in [1.29, 1.82) is 0 Å². The van der Waals surface area contributed by atoms with Gasteiger partial charge in [-0.3, -0.25) is 0 Å². The fourth-order valence-electron chi connectivity index (χ4n) is 5.96. The molecule has 5 unspecified atom stereocenters. The number of hydrogen-bond acceptors (Lipinski definition) is 3. The Morgan fingerprint density at radius 2 is 1.64 bits per heavy atom. The van der Waals surface area contributed by atoms with E-state index in [4.69, 9.17) is 4.74 Å². The molecule has 0 aromatic rings. The maximum Gasteiger partial charge on any atom is 0.0617 e. The molecule has 0 heterocycles. The van der Waals surface area contributed by atoms with E-state index in [1.807, 2.05) is 27.9 Å². The fourth-order valence-corrected chi connectivity index (χ4v) is 5.96. The Balaban J connectivity index is 0.000000293. The topological polar surface area (TPSA) is 49.7 Å². The summed E-state index contributed by atoms with van der Waals surface area (Å²) in [6, 6.07) is 0. The lowest BCUT2D eigenvalue weighted by atomic mass is 9.87. The van der Waals surface area contributed by atoms with Gasteiger partial charge in [0.1, 0.15) is 0 Å². The zero-order valence-corrected chi connectivity index (χ0v) is 28.3. The van der Waals surface area contributed by atoms with E-state index in [2.05, 4.69) is 54.5 Å². The lowest BCUT2D eigenvalue weighted by molar-refractivity contribution is 0.0423. The number of ether oxygens (including phenoxy) is 1. The quantitative estimate of drug-likeness (QED) is 0.188. The molecule has 0 bridgehead atoms. The molecule has 3 rings (SSSR count). The molecule has 232 valence electrons. The third kappa shape index (κ3) is 15.4. The summed E-state index contributed by atoms with van der Waals surface area (Å²) in [5.41, 5.74) is 1.72. The molecule has 0 radical (unpaired) electrons. The number of hydrogen-bond donors (Lipinski definition) is 2. The van der Waals surface area contributed by atoms with Gasteiger partial charge in [-0.15, -0.1) is 0 Å². The highest BCUT2D eigenvalue weighted by atomic mass is 16.5. The predicted octanol–water partition coefficient (Wildman–Crippen LogP) is 10.1. The van der Waals surface area contributed by atoms with E-state index >= 15 is 0 Å². The first kappa shape index (κ1) is 36.6. The first-order valence-corrected chi connectivity index (χ1v) is 16.6. The summed E-state index contributed by atoms with van der Waals surface area (Å²) in [6.07, 6.45) is 19.7. The number of allylic oxidation sites excluding steroid dienone is 2. The van der Waals surface area contributed by atoms with Crippen molar-refractivity contribution in [2.24, 2.45) is 34.5 Å². The minimum Gasteiger partial charge on any atom is -0.390 e. The van der Waals surface area contributed by atoms with Crippen molar-refractivity contribution in [3.8, 4) is 0 Å². The minimum absolute atomic E-state index is 0.419. The van der Waals surface area contributed by atoms with Crippen LogP contribution in [0.2, 0.25) is 0 Å². The Labute approximate surface area is 245 Å². The lowest BCUT2D eigenvalue weighted by Gasteiger charge is -2.22. The molecule has 3 aliphatic rings. The molecule has 0 saturated heterocycles. The van der Waals surface area contributed by atoms with Crippen molar-refractivity contribution >= 4 is 0 Å². The van der Waals surface area contributed by atoms with Gasteiger partial charge in [-0.05, 0) is 140 Å². The van der Waals surface area contributed by atoms with Gasteiger partial charge in [0.2, 0.25) is 0 Å². The van der Waals surface area contributed by atoms with Crippen LogP contribution in [0.15, 0.2) is 11.6 Å². The summed E-state index contributed by atoms with van der Waals surface area (Å²) in [7, 11) is 1.82. The molecule has 3 fully saturated rings. The van der Waals surface area contributed by atoms with Crippen LogP contribution < -0.4 is 0 Å². The van der Waals surface area contributed by atoms with Crippen LogP contribution in [0.3, 0.4) is 0 Å². The second kappa shape index (κ2) is 16.3. The molecule has 2 N–H and O–H groups in total. The standard InChI is InChI=1S/C13H24O.C12H24O.C11H22O/c1-11(2)6-5-7-12(3)13(8-9-13)10-14-4;1-5-11(3)9-10(11)7-8-12(4,13)6-2;1-9(10-6-7-10)5-4-8-11(2,3)12/h6,12H,5,7-10H2,1-4H3;10,13H,5-9H2,1-4H3;9-10,12H,4-8H2,1-3H3. The summed E-state index contributed by atoms with van der Waals surface area (Å²) in [4.78, 5) is 0. The highest BCUT2D eigenvalue weighted by molar-refractivity contribution is 4.99. The summed E-state index contributed by atoms with van der Waals surface area (Å²) >= 11 is 0. The molecule has 0 amide bonds. The monoisotopic (exact) mass is 551 g/mol.